The van der Waals surface area contributed by atoms with E-state index in [-0.39, 0.29) is 0 Å². The number of fused-ring (bicyclic) bond motifs is 1. The molecule has 2 aromatic heterocycles. The number of rotatable bonds is 3. The number of pyridine rings is 1. The lowest BCUT2D eigenvalue weighted by atomic mass is 10.1. The van der Waals surface area contributed by atoms with Crippen LogP contribution in [0.3, 0.4) is 0 Å². The Morgan fingerprint density at radius 3 is 2.71 bits per heavy atom. The van der Waals surface area contributed by atoms with Gasteiger partial charge in [-0.15, -0.1) is 0 Å². The van der Waals surface area contributed by atoms with E-state index in [1.54, 1.807) is 12.4 Å². The first-order valence-electron chi connectivity index (χ1n) is 8.62. The first-order chi connectivity index (χ1) is 13.7. The van der Waals surface area contributed by atoms with Crippen LogP contribution >= 0.6 is 0 Å². The highest BCUT2D eigenvalue weighted by atomic mass is 16.5. The molecule has 4 aromatic rings. The minimum Gasteiger partial charge on any atom is -0.450 e. The van der Waals surface area contributed by atoms with E-state index in [0.29, 0.717) is 17.3 Å². The van der Waals surface area contributed by atoms with Crippen LogP contribution in [0.25, 0.3) is 22.3 Å². The van der Waals surface area contributed by atoms with Gasteiger partial charge in [-0.05, 0) is 48.4 Å². The van der Waals surface area contributed by atoms with Crippen LogP contribution < -0.4 is 11.1 Å². The van der Waals surface area contributed by atoms with Gasteiger partial charge in [0.05, 0.1) is 24.0 Å². The van der Waals surface area contributed by atoms with E-state index in [4.69, 9.17) is 15.5 Å². The van der Waals surface area contributed by atoms with Gasteiger partial charge < -0.3 is 15.8 Å². The second-order valence-electron chi connectivity index (χ2n) is 6.01. The second kappa shape index (κ2) is 7.64. The summed E-state index contributed by atoms with van der Waals surface area (Å²) in [6.45, 7) is 0. The van der Waals surface area contributed by atoms with Crippen LogP contribution in [-0.2, 0) is 4.74 Å². The average molecular weight is 367 g/mol. The molecule has 0 aliphatic carbocycles. The molecule has 6 heteroatoms. The summed E-state index contributed by atoms with van der Waals surface area (Å²) < 4.78 is 4.84. The number of hydrogen-bond acceptors (Lipinski definition) is 6. The van der Waals surface area contributed by atoms with Gasteiger partial charge in [-0.1, -0.05) is 12.1 Å². The molecule has 0 radical (unpaired) electrons. The zero-order chi connectivity index (χ0) is 19.3. The number of anilines is 3. The third-order valence-corrected chi connectivity index (χ3v) is 4.13. The Labute approximate surface area is 162 Å². The molecule has 0 atom stereocenters. The number of nitrogens with zero attached hydrogens (tertiary/aromatic N) is 3. The Morgan fingerprint density at radius 2 is 1.93 bits per heavy atom. The Hall–Kier alpha value is -4.11. The van der Waals surface area contributed by atoms with E-state index in [1.165, 1.54) is 7.11 Å². The van der Waals surface area contributed by atoms with E-state index >= 15 is 0 Å². The average Bonchev–Trinajstić information content (AvgIpc) is 2.74. The Kier molecular flexibility index (Phi) is 4.72. The zero-order valence-corrected chi connectivity index (χ0v) is 15.2. The monoisotopic (exact) mass is 367 g/mol. The number of benzene rings is 2. The largest absolute Gasteiger partial charge is 0.450 e. The molecule has 136 valence electrons. The Morgan fingerprint density at radius 1 is 1.04 bits per heavy atom. The summed E-state index contributed by atoms with van der Waals surface area (Å²) in [7, 11) is 1.53. The molecule has 28 heavy (non-hydrogen) atoms. The number of para-hydroxylation sites is 2. The fourth-order valence-electron chi connectivity index (χ4n) is 2.77. The van der Waals surface area contributed by atoms with Crippen molar-refractivity contribution >= 4 is 28.1 Å². The van der Waals surface area contributed by atoms with Gasteiger partial charge in [0, 0.05) is 28.9 Å². The molecule has 3 N–H and O–H groups in total. The van der Waals surface area contributed by atoms with Gasteiger partial charge in [0.15, 0.2) is 5.82 Å². The van der Waals surface area contributed by atoms with Crippen LogP contribution in [0.1, 0.15) is 5.56 Å². The summed E-state index contributed by atoms with van der Waals surface area (Å²) in [4.78, 5) is 13.6. The maximum absolute atomic E-state index is 6.10. The molecule has 0 saturated heterocycles. The molecule has 0 bridgehead atoms. The maximum atomic E-state index is 6.10. The van der Waals surface area contributed by atoms with Crippen molar-refractivity contribution in [1.29, 1.82) is 0 Å². The highest BCUT2D eigenvalue weighted by Crippen LogP contribution is 2.29. The lowest BCUT2D eigenvalue weighted by Gasteiger charge is -2.13. The summed E-state index contributed by atoms with van der Waals surface area (Å²) in [6.07, 6.45) is 6.06. The van der Waals surface area contributed by atoms with Gasteiger partial charge in [0.25, 0.3) is 0 Å². The van der Waals surface area contributed by atoms with Crippen molar-refractivity contribution in [2.45, 2.75) is 0 Å². The number of nitrogens with one attached hydrogen (secondary N) is 1. The van der Waals surface area contributed by atoms with Crippen molar-refractivity contribution in [3.05, 3.63) is 72.6 Å². The number of nitrogen functional groups attached to an aromatic ring is 1. The predicted octanol–water partition coefficient (Wildman–Crippen LogP) is 3.97. The van der Waals surface area contributed by atoms with Crippen molar-refractivity contribution in [2.75, 3.05) is 18.2 Å². The fourth-order valence-corrected chi connectivity index (χ4v) is 2.77. The molecule has 0 amide bonds. The second-order valence-corrected chi connectivity index (χ2v) is 6.01. The van der Waals surface area contributed by atoms with Crippen LogP contribution in [0.15, 0.2) is 67.0 Å². The molecule has 6 nitrogen and oxygen atoms in total. The molecule has 0 unspecified atom stereocenters. The van der Waals surface area contributed by atoms with Gasteiger partial charge in [-0.2, -0.15) is 0 Å². The van der Waals surface area contributed by atoms with Crippen molar-refractivity contribution in [2.24, 2.45) is 0 Å². The highest BCUT2D eigenvalue weighted by Gasteiger charge is 2.11. The van der Waals surface area contributed by atoms with Crippen LogP contribution in [0.2, 0.25) is 0 Å². The van der Waals surface area contributed by atoms with E-state index < -0.39 is 0 Å². The molecule has 0 aliphatic heterocycles. The summed E-state index contributed by atoms with van der Waals surface area (Å²) in [5.74, 6) is 4.16. The van der Waals surface area contributed by atoms with E-state index in [9.17, 15) is 0 Å². The third kappa shape index (κ3) is 3.55. The summed E-state index contributed by atoms with van der Waals surface area (Å²) in [5.41, 5.74) is 9.92. The number of hydrogen-bond donors (Lipinski definition) is 2. The molecule has 2 aromatic carbocycles. The zero-order valence-electron chi connectivity index (χ0n) is 15.2. The molecular formula is C22H17N5O. The van der Waals surface area contributed by atoms with Crippen LogP contribution in [0.5, 0.6) is 0 Å². The minimum absolute atomic E-state index is 0.577. The topological polar surface area (TPSA) is 86.0 Å². The SMILES string of the molecule is COC#Cc1ccc2nc(-c3cccnc3)nc(Nc3ccccc3N)c2c1. The Balaban J connectivity index is 1.90. The number of nitrogens with two attached hydrogens (primary N) is 1. The number of methoxy groups -OCH3 is 1. The predicted molar refractivity (Wildman–Crippen MR) is 111 cm³/mol. The van der Waals surface area contributed by atoms with Crippen molar-refractivity contribution in [3.63, 3.8) is 0 Å². The van der Waals surface area contributed by atoms with Crippen LogP contribution in [-0.4, -0.2) is 22.1 Å². The van der Waals surface area contributed by atoms with Gasteiger partial charge in [0.2, 0.25) is 0 Å². The van der Waals surface area contributed by atoms with Crippen LogP contribution in [0, 0.1) is 12.0 Å². The van der Waals surface area contributed by atoms with Gasteiger partial charge in [-0.3, -0.25) is 4.98 Å². The lowest BCUT2D eigenvalue weighted by Crippen LogP contribution is -2.02. The molecular weight excluding hydrogens is 350 g/mol. The summed E-state index contributed by atoms with van der Waals surface area (Å²) in [6, 6.07) is 17.1. The maximum Gasteiger partial charge on any atom is 0.163 e. The molecule has 4 rings (SSSR count). The van der Waals surface area contributed by atoms with Crippen molar-refractivity contribution < 1.29 is 4.74 Å². The standard InChI is InChI=1S/C22H17N5O/c1-28-12-10-15-8-9-19-17(13-15)22(26-20-7-3-2-6-18(20)23)27-21(25-19)16-5-4-11-24-14-16/h2-9,11,13-14H,23H2,1H3,(H,25,26,27). The normalized spacial score (nSPS) is 10.2. The van der Waals surface area contributed by atoms with Crippen molar-refractivity contribution in [3.8, 4) is 23.4 Å². The Bertz CT molecular complexity index is 1200. The quantitative estimate of drug-likeness (QED) is 0.421. The lowest BCUT2D eigenvalue weighted by molar-refractivity contribution is 0.372. The molecule has 0 spiro atoms. The molecule has 0 saturated carbocycles. The van der Waals surface area contributed by atoms with Gasteiger partial charge in [0.1, 0.15) is 11.9 Å². The summed E-state index contributed by atoms with van der Waals surface area (Å²) in [5, 5.41) is 4.16. The van der Waals surface area contributed by atoms with Crippen molar-refractivity contribution in [1.82, 2.24) is 15.0 Å². The van der Waals surface area contributed by atoms with Crippen LogP contribution in [0.4, 0.5) is 17.2 Å². The van der Waals surface area contributed by atoms with E-state index in [0.717, 1.165) is 27.7 Å². The first kappa shape index (κ1) is 17.3. The van der Waals surface area contributed by atoms with Gasteiger partial charge >= 0.3 is 0 Å². The molecule has 2 heterocycles. The number of ether oxygens (including phenoxy) is 1. The number of aromatic nitrogens is 3. The van der Waals surface area contributed by atoms with E-state index in [1.807, 2.05) is 54.6 Å². The first-order valence-corrected chi connectivity index (χ1v) is 8.62. The fraction of sp³-hybridized carbons (Fsp3) is 0.0455. The summed E-state index contributed by atoms with van der Waals surface area (Å²) >= 11 is 0. The van der Waals surface area contributed by atoms with E-state index in [2.05, 4.69) is 27.3 Å². The third-order valence-electron chi connectivity index (χ3n) is 4.13. The smallest absolute Gasteiger partial charge is 0.163 e. The molecule has 0 aliphatic rings. The molecule has 0 fully saturated rings. The minimum atomic E-state index is 0.577. The van der Waals surface area contributed by atoms with Gasteiger partial charge in [-0.25, -0.2) is 9.97 Å². The highest BCUT2D eigenvalue weighted by molar-refractivity contribution is 5.94.